The highest BCUT2D eigenvalue weighted by molar-refractivity contribution is 5.77. The molecule has 0 saturated heterocycles. The molecular weight excluding hydrogens is 231 g/mol. The van der Waals surface area contributed by atoms with Crippen LogP contribution in [0.5, 0.6) is 0 Å². The first-order valence-electron chi connectivity index (χ1n) is 6.38. The van der Waals surface area contributed by atoms with Crippen LogP contribution in [0, 0.1) is 5.82 Å². The fourth-order valence-electron chi connectivity index (χ4n) is 2.19. The molecule has 1 amide bonds. The van der Waals surface area contributed by atoms with Crippen LogP contribution < -0.4 is 10.6 Å². The van der Waals surface area contributed by atoms with E-state index in [1.165, 1.54) is 6.07 Å². The second-order valence-electron chi connectivity index (χ2n) is 4.82. The van der Waals surface area contributed by atoms with E-state index in [2.05, 4.69) is 10.6 Å². The maximum atomic E-state index is 13.7. The van der Waals surface area contributed by atoms with Crippen LogP contribution in [0.15, 0.2) is 24.3 Å². The van der Waals surface area contributed by atoms with E-state index < -0.39 is 5.54 Å². The summed E-state index contributed by atoms with van der Waals surface area (Å²) in [6.07, 6.45) is 2.93. The summed E-state index contributed by atoms with van der Waals surface area (Å²) in [5, 5.41) is 5.98. The first kappa shape index (κ1) is 13.0. The van der Waals surface area contributed by atoms with Gasteiger partial charge in [0.05, 0.1) is 5.54 Å². The number of rotatable bonds is 6. The van der Waals surface area contributed by atoms with Gasteiger partial charge in [-0.1, -0.05) is 18.2 Å². The maximum absolute atomic E-state index is 13.7. The number of halogens is 1. The topological polar surface area (TPSA) is 41.1 Å². The number of carbonyl (C=O) groups excluding carboxylic acids is 1. The lowest BCUT2D eigenvalue weighted by molar-refractivity contribution is -0.122. The fourth-order valence-corrected chi connectivity index (χ4v) is 2.19. The third-order valence-corrected chi connectivity index (χ3v) is 3.35. The molecule has 2 rings (SSSR count). The molecule has 98 valence electrons. The van der Waals surface area contributed by atoms with Crippen LogP contribution in [0.1, 0.15) is 31.2 Å². The summed E-state index contributed by atoms with van der Waals surface area (Å²) in [7, 11) is 1.86. The third-order valence-electron chi connectivity index (χ3n) is 3.35. The lowest BCUT2D eigenvalue weighted by Crippen LogP contribution is -2.35. The van der Waals surface area contributed by atoms with Crippen molar-refractivity contribution in [1.82, 2.24) is 10.6 Å². The van der Waals surface area contributed by atoms with Gasteiger partial charge >= 0.3 is 0 Å². The van der Waals surface area contributed by atoms with Crippen LogP contribution in [0.25, 0.3) is 0 Å². The van der Waals surface area contributed by atoms with Gasteiger partial charge in [0.25, 0.3) is 0 Å². The molecule has 0 bridgehead atoms. The number of nitrogens with one attached hydrogen (secondary N) is 2. The number of hydrogen-bond acceptors (Lipinski definition) is 2. The molecule has 0 unspecified atom stereocenters. The van der Waals surface area contributed by atoms with Gasteiger partial charge in [-0.15, -0.1) is 0 Å². The molecule has 1 aliphatic rings. The zero-order valence-electron chi connectivity index (χ0n) is 10.6. The van der Waals surface area contributed by atoms with Gasteiger partial charge in [-0.3, -0.25) is 4.79 Å². The van der Waals surface area contributed by atoms with Gasteiger partial charge in [-0.05, 0) is 38.9 Å². The van der Waals surface area contributed by atoms with Gasteiger partial charge in [0, 0.05) is 12.0 Å². The number of amides is 1. The van der Waals surface area contributed by atoms with Crippen molar-refractivity contribution in [2.75, 3.05) is 13.6 Å². The van der Waals surface area contributed by atoms with Gasteiger partial charge in [0.1, 0.15) is 5.82 Å². The molecule has 0 aromatic heterocycles. The number of benzene rings is 1. The summed E-state index contributed by atoms with van der Waals surface area (Å²) < 4.78 is 13.7. The maximum Gasteiger partial charge on any atom is 0.220 e. The summed E-state index contributed by atoms with van der Waals surface area (Å²) in [4.78, 5) is 11.8. The normalized spacial score (nSPS) is 16.3. The zero-order chi connectivity index (χ0) is 13.0. The Balaban J connectivity index is 1.96. The van der Waals surface area contributed by atoms with Crippen LogP contribution in [0.3, 0.4) is 0 Å². The van der Waals surface area contributed by atoms with Crippen molar-refractivity contribution in [3.05, 3.63) is 35.6 Å². The van der Waals surface area contributed by atoms with E-state index in [9.17, 15) is 9.18 Å². The Bertz CT molecular complexity index is 430. The highest BCUT2D eigenvalue weighted by Crippen LogP contribution is 2.46. The summed E-state index contributed by atoms with van der Waals surface area (Å²) in [5.74, 6) is -0.225. The molecule has 1 aliphatic carbocycles. The monoisotopic (exact) mass is 250 g/mol. The third kappa shape index (κ3) is 2.88. The lowest BCUT2D eigenvalue weighted by Gasteiger charge is -2.18. The summed E-state index contributed by atoms with van der Waals surface area (Å²) in [5.41, 5.74) is 0.175. The summed E-state index contributed by atoms with van der Waals surface area (Å²) in [6, 6.07) is 6.69. The van der Waals surface area contributed by atoms with Crippen molar-refractivity contribution in [2.24, 2.45) is 0 Å². The minimum atomic E-state index is -0.442. The van der Waals surface area contributed by atoms with Crippen molar-refractivity contribution in [2.45, 2.75) is 31.2 Å². The summed E-state index contributed by atoms with van der Waals surface area (Å²) in [6.45, 7) is 0.820. The second kappa shape index (κ2) is 5.48. The predicted octanol–water partition coefficient (Wildman–Crippen LogP) is 1.93. The second-order valence-corrected chi connectivity index (χ2v) is 4.82. The van der Waals surface area contributed by atoms with E-state index in [1.807, 2.05) is 13.1 Å². The average Bonchev–Trinajstić information content (AvgIpc) is 3.10. The standard InChI is InChI=1S/C14H19FN2O/c1-16-10-4-7-13(18)17-14(8-9-14)11-5-2-3-6-12(11)15/h2-3,5-6,16H,4,7-10H2,1H3,(H,17,18). The van der Waals surface area contributed by atoms with Crippen molar-refractivity contribution in [3.8, 4) is 0 Å². The predicted molar refractivity (Wildman–Crippen MR) is 68.6 cm³/mol. The van der Waals surface area contributed by atoms with Crippen LogP contribution in [0.2, 0.25) is 0 Å². The molecule has 1 aromatic rings. The minimum Gasteiger partial charge on any atom is -0.346 e. The molecule has 0 atom stereocenters. The molecule has 0 aliphatic heterocycles. The first-order chi connectivity index (χ1) is 8.68. The van der Waals surface area contributed by atoms with Gasteiger partial charge in [0.2, 0.25) is 5.91 Å². The van der Waals surface area contributed by atoms with Gasteiger partial charge in [0.15, 0.2) is 0 Å². The lowest BCUT2D eigenvalue weighted by atomic mass is 10.0. The molecule has 1 aromatic carbocycles. The minimum absolute atomic E-state index is 0.00556. The Hall–Kier alpha value is -1.42. The smallest absolute Gasteiger partial charge is 0.220 e. The van der Waals surface area contributed by atoms with Crippen LogP contribution in [0.4, 0.5) is 4.39 Å². The van der Waals surface area contributed by atoms with Crippen LogP contribution >= 0.6 is 0 Å². The van der Waals surface area contributed by atoms with Crippen molar-refractivity contribution in [3.63, 3.8) is 0 Å². The van der Waals surface area contributed by atoms with Crippen molar-refractivity contribution < 1.29 is 9.18 Å². The number of carbonyl (C=O) groups is 1. The van der Waals surface area contributed by atoms with E-state index in [0.717, 1.165) is 25.8 Å². The van der Waals surface area contributed by atoms with Gasteiger partial charge in [-0.25, -0.2) is 4.39 Å². The average molecular weight is 250 g/mol. The van der Waals surface area contributed by atoms with Gasteiger partial charge < -0.3 is 10.6 Å². The Morgan fingerprint density at radius 3 is 2.72 bits per heavy atom. The Morgan fingerprint density at radius 1 is 1.39 bits per heavy atom. The SMILES string of the molecule is CNCCCC(=O)NC1(c2ccccc2F)CC1. The van der Waals surface area contributed by atoms with Crippen molar-refractivity contribution >= 4 is 5.91 Å². The molecule has 0 spiro atoms. The van der Waals surface area contributed by atoms with Crippen LogP contribution in [-0.2, 0) is 10.3 Å². The molecule has 2 N–H and O–H groups in total. The molecule has 3 nitrogen and oxygen atoms in total. The van der Waals surface area contributed by atoms with E-state index in [-0.39, 0.29) is 11.7 Å². The number of hydrogen-bond donors (Lipinski definition) is 2. The largest absolute Gasteiger partial charge is 0.346 e. The molecule has 1 fully saturated rings. The van der Waals surface area contributed by atoms with E-state index in [0.29, 0.717) is 12.0 Å². The Morgan fingerprint density at radius 2 is 2.11 bits per heavy atom. The molecular formula is C14H19FN2O. The van der Waals surface area contributed by atoms with E-state index in [1.54, 1.807) is 12.1 Å². The fraction of sp³-hybridized carbons (Fsp3) is 0.500. The molecule has 0 heterocycles. The van der Waals surface area contributed by atoms with Crippen molar-refractivity contribution in [1.29, 1.82) is 0 Å². The highest BCUT2D eigenvalue weighted by atomic mass is 19.1. The molecule has 18 heavy (non-hydrogen) atoms. The zero-order valence-corrected chi connectivity index (χ0v) is 10.6. The molecule has 1 saturated carbocycles. The highest BCUT2D eigenvalue weighted by Gasteiger charge is 2.47. The Kier molecular flexibility index (Phi) is 3.97. The van der Waals surface area contributed by atoms with E-state index in [4.69, 9.17) is 0 Å². The first-order valence-corrected chi connectivity index (χ1v) is 6.38. The van der Waals surface area contributed by atoms with Gasteiger partial charge in [-0.2, -0.15) is 0 Å². The van der Waals surface area contributed by atoms with E-state index >= 15 is 0 Å². The quantitative estimate of drug-likeness (QED) is 0.757. The molecule has 0 radical (unpaired) electrons. The Labute approximate surface area is 107 Å². The summed E-state index contributed by atoms with van der Waals surface area (Å²) >= 11 is 0. The van der Waals surface area contributed by atoms with Crippen LogP contribution in [-0.4, -0.2) is 19.5 Å². The molecule has 4 heteroatoms.